The van der Waals surface area contributed by atoms with Gasteiger partial charge in [-0.15, -0.1) is 0 Å². The van der Waals surface area contributed by atoms with Gasteiger partial charge in [-0.25, -0.2) is 18.7 Å². The molecule has 0 aliphatic rings. The Hall–Kier alpha value is -3.26. The van der Waals surface area contributed by atoms with Crippen molar-refractivity contribution in [1.82, 2.24) is 19.9 Å². The normalized spacial score (nSPS) is 12.3. The van der Waals surface area contributed by atoms with Crippen molar-refractivity contribution >= 4 is 28.4 Å². The summed E-state index contributed by atoms with van der Waals surface area (Å²) < 4.78 is 34.9. The van der Waals surface area contributed by atoms with Crippen molar-refractivity contribution in [3.8, 4) is 5.75 Å². The van der Waals surface area contributed by atoms with Gasteiger partial charge in [0.1, 0.15) is 17.3 Å². The number of halogens is 3. The molecule has 1 unspecified atom stereocenters. The highest BCUT2D eigenvalue weighted by Gasteiger charge is 2.26. The standard InChI is InChI=1S/C19H13ClF2N4O2/c1-9(18-23-4-5-24-18)28-14-3-2-13(21)15(16(14)22)17(27)12-8-26-19-11(12)6-10(20)7-25-19/h2-9H,1H3,(H,23,24)(H,25,26). The quantitative estimate of drug-likeness (QED) is 0.478. The zero-order valence-corrected chi connectivity index (χ0v) is 15.2. The second-order valence-corrected chi connectivity index (χ2v) is 6.49. The average Bonchev–Trinajstić information content (AvgIpc) is 3.33. The molecule has 4 aromatic rings. The van der Waals surface area contributed by atoms with Crippen LogP contribution in [0.2, 0.25) is 5.02 Å². The Morgan fingerprint density at radius 2 is 2.07 bits per heavy atom. The first-order chi connectivity index (χ1) is 13.5. The van der Waals surface area contributed by atoms with Crippen molar-refractivity contribution in [2.24, 2.45) is 0 Å². The van der Waals surface area contributed by atoms with Gasteiger partial charge in [0, 0.05) is 35.7 Å². The molecule has 0 aliphatic carbocycles. The Morgan fingerprint density at radius 3 is 2.82 bits per heavy atom. The molecule has 3 heterocycles. The van der Waals surface area contributed by atoms with Gasteiger partial charge in [0.05, 0.1) is 10.6 Å². The van der Waals surface area contributed by atoms with E-state index in [0.717, 1.165) is 12.1 Å². The number of rotatable bonds is 5. The molecule has 0 fully saturated rings. The van der Waals surface area contributed by atoms with Gasteiger partial charge >= 0.3 is 0 Å². The van der Waals surface area contributed by atoms with E-state index >= 15 is 0 Å². The van der Waals surface area contributed by atoms with E-state index < -0.39 is 29.1 Å². The Morgan fingerprint density at radius 1 is 1.25 bits per heavy atom. The molecule has 1 atom stereocenters. The fourth-order valence-corrected chi connectivity index (χ4v) is 3.04. The van der Waals surface area contributed by atoms with E-state index in [0.29, 0.717) is 21.9 Å². The molecule has 3 aromatic heterocycles. The number of aromatic nitrogens is 4. The van der Waals surface area contributed by atoms with Crippen LogP contribution in [0.1, 0.15) is 34.8 Å². The number of nitrogens with zero attached hydrogens (tertiary/aromatic N) is 2. The third-order valence-corrected chi connectivity index (χ3v) is 4.44. The van der Waals surface area contributed by atoms with E-state index in [1.54, 1.807) is 13.1 Å². The number of nitrogens with one attached hydrogen (secondary N) is 2. The molecule has 142 valence electrons. The molecule has 2 N–H and O–H groups in total. The summed E-state index contributed by atoms with van der Waals surface area (Å²) in [6.45, 7) is 1.65. The molecular formula is C19H13ClF2N4O2. The Balaban J connectivity index is 1.74. The first kappa shape index (κ1) is 18.1. The largest absolute Gasteiger partial charge is 0.480 e. The average molecular weight is 403 g/mol. The summed E-state index contributed by atoms with van der Waals surface area (Å²) >= 11 is 5.93. The molecule has 0 bridgehead atoms. The lowest BCUT2D eigenvalue weighted by atomic mass is 10.0. The second-order valence-electron chi connectivity index (χ2n) is 6.05. The lowest BCUT2D eigenvalue weighted by molar-refractivity contribution is 0.103. The van der Waals surface area contributed by atoms with E-state index in [1.807, 2.05) is 0 Å². The minimum absolute atomic E-state index is 0.0547. The number of pyridine rings is 1. The highest BCUT2D eigenvalue weighted by molar-refractivity contribution is 6.31. The zero-order valence-electron chi connectivity index (χ0n) is 14.5. The van der Waals surface area contributed by atoms with E-state index in [1.165, 1.54) is 24.7 Å². The third-order valence-electron chi connectivity index (χ3n) is 4.23. The molecular weight excluding hydrogens is 390 g/mol. The number of aromatic amines is 2. The second kappa shape index (κ2) is 7.05. The van der Waals surface area contributed by atoms with Crippen molar-refractivity contribution in [3.05, 3.63) is 76.6 Å². The third kappa shape index (κ3) is 3.11. The minimum Gasteiger partial charge on any atom is -0.480 e. The number of fused-ring (bicyclic) bond motifs is 1. The van der Waals surface area contributed by atoms with Crippen LogP contribution in [0.15, 0.2) is 43.0 Å². The van der Waals surface area contributed by atoms with Gasteiger partial charge < -0.3 is 14.7 Å². The Bertz CT molecular complexity index is 1170. The summed E-state index contributed by atoms with van der Waals surface area (Å²) in [6, 6.07) is 3.62. The number of carbonyl (C=O) groups excluding carboxylic acids is 1. The highest BCUT2D eigenvalue weighted by atomic mass is 35.5. The van der Waals surface area contributed by atoms with Crippen molar-refractivity contribution in [3.63, 3.8) is 0 Å². The summed E-state index contributed by atoms with van der Waals surface area (Å²) in [5, 5.41) is 0.665. The maximum Gasteiger partial charge on any atom is 0.201 e. The van der Waals surface area contributed by atoms with Crippen LogP contribution in [-0.2, 0) is 0 Å². The van der Waals surface area contributed by atoms with Gasteiger partial charge in [-0.05, 0) is 25.1 Å². The van der Waals surface area contributed by atoms with Crippen LogP contribution in [0, 0.1) is 11.6 Å². The van der Waals surface area contributed by atoms with Crippen molar-refractivity contribution < 1.29 is 18.3 Å². The molecule has 4 rings (SSSR count). The Kier molecular flexibility index (Phi) is 4.56. The van der Waals surface area contributed by atoms with Crippen LogP contribution in [0.25, 0.3) is 11.0 Å². The number of imidazole rings is 1. The SMILES string of the molecule is CC(Oc1ccc(F)c(C(=O)c2c[nH]c3ncc(Cl)cc23)c1F)c1ncc[nH]1. The fourth-order valence-electron chi connectivity index (χ4n) is 2.88. The molecule has 1 aromatic carbocycles. The van der Waals surface area contributed by atoms with Gasteiger partial charge in [-0.1, -0.05) is 11.6 Å². The summed E-state index contributed by atoms with van der Waals surface area (Å²) in [4.78, 5) is 26.6. The summed E-state index contributed by atoms with van der Waals surface area (Å²) in [6.07, 6.45) is 5.24. The fraction of sp³-hybridized carbons (Fsp3) is 0.105. The van der Waals surface area contributed by atoms with Crippen LogP contribution in [0.5, 0.6) is 5.75 Å². The molecule has 0 radical (unpaired) electrons. The predicted octanol–water partition coefficient (Wildman–Crippen LogP) is 4.59. The molecule has 0 saturated heterocycles. The Labute approximate surface area is 162 Å². The lowest BCUT2D eigenvalue weighted by Crippen LogP contribution is -2.11. The van der Waals surface area contributed by atoms with Crippen LogP contribution in [0.3, 0.4) is 0 Å². The van der Waals surface area contributed by atoms with E-state index in [2.05, 4.69) is 19.9 Å². The summed E-state index contributed by atoms with van der Waals surface area (Å²) in [5.74, 6) is -2.72. The molecule has 0 amide bonds. The molecule has 9 heteroatoms. The van der Waals surface area contributed by atoms with Crippen molar-refractivity contribution in [1.29, 1.82) is 0 Å². The highest BCUT2D eigenvalue weighted by Crippen LogP contribution is 2.30. The number of ketones is 1. The van der Waals surface area contributed by atoms with Gasteiger partial charge in [0.25, 0.3) is 0 Å². The van der Waals surface area contributed by atoms with Gasteiger partial charge in [-0.2, -0.15) is 0 Å². The minimum atomic E-state index is -1.09. The van der Waals surface area contributed by atoms with E-state index in [-0.39, 0.29) is 11.3 Å². The summed E-state index contributed by atoms with van der Waals surface area (Å²) in [5.41, 5.74) is -0.281. The smallest absolute Gasteiger partial charge is 0.201 e. The number of hydrogen-bond donors (Lipinski definition) is 2. The molecule has 6 nitrogen and oxygen atoms in total. The lowest BCUT2D eigenvalue weighted by Gasteiger charge is -2.15. The van der Waals surface area contributed by atoms with Gasteiger partial charge in [-0.3, -0.25) is 4.79 Å². The number of ether oxygens (including phenoxy) is 1. The maximum absolute atomic E-state index is 15.0. The maximum atomic E-state index is 15.0. The number of hydrogen-bond acceptors (Lipinski definition) is 4. The first-order valence-corrected chi connectivity index (χ1v) is 8.64. The number of H-pyrrole nitrogens is 2. The first-order valence-electron chi connectivity index (χ1n) is 8.27. The van der Waals surface area contributed by atoms with E-state index in [4.69, 9.17) is 16.3 Å². The number of carbonyl (C=O) groups is 1. The van der Waals surface area contributed by atoms with Crippen LogP contribution >= 0.6 is 11.6 Å². The monoisotopic (exact) mass is 402 g/mol. The summed E-state index contributed by atoms with van der Waals surface area (Å²) in [7, 11) is 0. The van der Waals surface area contributed by atoms with E-state index in [9.17, 15) is 13.6 Å². The van der Waals surface area contributed by atoms with Crippen LogP contribution < -0.4 is 4.74 Å². The molecule has 28 heavy (non-hydrogen) atoms. The van der Waals surface area contributed by atoms with Crippen molar-refractivity contribution in [2.45, 2.75) is 13.0 Å². The molecule has 0 spiro atoms. The number of benzene rings is 1. The van der Waals surface area contributed by atoms with Crippen LogP contribution in [-0.4, -0.2) is 25.7 Å². The predicted molar refractivity (Wildman–Crippen MR) is 98.5 cm³/mol. The molecule has 0 saturated carbocycles. The van der Waals surface area contributed by atoms with Gasteiger partial charge in [0.15, 0.2) is 17.7 Å². The van der Waals surface area contributed by atoms with Gasteiger partial charge in [0.2, 0.25) is 5.78 Å². The van der Waals surface area contributed by atoms with Crippen molar-refractivity contribution in [2.75, 3.05) is 0 Å². The molecule has 0 aliphatic heterocycles. The topological polar surface area (TPSA) is 83.7 Å². The zero-order chi connectivity index (χ0) is 19.8. The van der Waals surface area contributed by atoms with Crippen LogP contribution in [0.4, 0.5) is 8.78 Å².